The second-order valence-corrected chi connectivity index (χ2v) is 5.49. The Morgan fingerprint density at radius 3 is 2.89 bits per heavy atom. The Hall–Kier alpha value is -1.32. The summed E-state index contributed by atoms with van der Waals surface area (Å²) in [5.74, 6) is 0. The third-order valence-electron chi connectivity index (χ3n) is 4.25. The average molecular weight is 257 g/mol. The van der Waals surface area contributed by atoms with Crippen LogP contribution in [0.15, 0.2) is 30.5 Å². The molecule has 1 aliphatic heterocycles. The van der Waals surface area contributed by atoms with E-state index in [1.54, 1.807) is 0 Å². The van der Waals surface area contributed by atoms with Crippen LogP contribution in [0.3, 0.4) is 0 Å². The van der Waals surface area contributed by atoms with Crippen LogP contribution in [0.2, 0.25) is 0 Å². The first-order chi connectivity index (χ1) is 9.35. The van der Waals surface area contributed by atoms with Crippen molar-refractivity contribution in [2.75, 3.05) is 19.6 Å². The molecule has 2 aromatic rings. The third-order valence-corrected chi connectivity index (χ3v) is 4.25. The van der Waals surface area contributed by atoms with Gasteiger partial charge in [0.2, 0.25) is 0 Å². The Morgan fingerprint density at radius 2 is 2.11 bits per heavy atom. The summed E-state index contributed by atoms with van der Waals surface area (Å²) in [6.07, 6.45) is 4.56. The Bertz CT molecular complexity index is 524. The summed E-state index contributed by atoms with van der Waals surface area (Å²) in [6, 6.07) is 9.48. The van der Waals surface area contributed by atoms with Crippen molar-refractivity contribution in [2.24, 2.45) is 0 Å². The number of benzene rings is 1. The van der Waals surface area contributed by atoms with Crippen LogP contribution in [0.1, 0.15) is 25.3 Å². The van der Waals surface area contributed by atoms with E-state index in [1.807, 2.05) is 6.20 Å². The van der Waals surface area contributed by atoms with Crippen LogP contribution in [0.25, 0.3) is 10.9 Å². The van der Waals surface area contributed by atoms with Gasteiger partial charge in [-0.1, -0.05) is 19.1 Å². The SMILES string of the molecule is CCN1CCC(NCc2ccc3cc[nH]c3c2)CC1. The number of rotatable bonds is 4. The molecule has 2 N–H and O–H groups in total. The molecule has 2 heterocycles. The van der Waals surface area contributed by atoms with E-state index in [9.17, 15) is 0 Å². The summed E-state index contributed by atoms with van der Waals surface area (Å²) in [4.78, 5) is 5.81. The maximum atomic E-state index is 3.70. The highest BCUT2D eigenvalue weighted by atomic mass is 15.1. The first kappa shape index (κ1) is 12.7. The summed E-state index contributed by atoms with van der Waals surface area (Å²) >= 11 is 0. The van der Waals surface area contributed by atoms with E-state index in [-0.39, 0.29) is 0 Å². The molecular weight excluding hydrogens is 234 g/mol. The average Bonchev–Trinajstić information content (AvgIpc) is 2.93. The van der Waals surface area contributed by atoms with Gasteiger partial charge in [0.05, 0.1) is 0 Å². The van der Waals surface area contributed by atoms with E-state index >= 15 is 0 Å². The highest BCUT2D eigenvalue weighted by Gasteiger charge is 2.17. The molecule has 1 aromatic heterocycles. The Balaban J connectivity index is 1.54. The van der Waals surface area contributed by atoms with Crippen LogP contribution in [0.4, 0.5) is 0 Å². The van der Waals surface area contributed by atoms with Crippen molar-refractivity contribution < 1.29 is 0 Å². The highest BCUT2D eigenvalue weighted by molar-refractivity contribution is 5.79. The lowest BCUT2D eigenvalue weighted by Gasteiger charge is -2.31. The zero-order valence-electron chi connectivity index (χ0n) is 11.7. The summed E-state index contributed by atoms with van der Waals surface area (Å²) in [5, 5.41) is 4.99. The second-order valence-electron chi connectivity index (χ2n) is 5.49. The van der Waals surface area contributed by atoms with Gasteiger partial charge in [0, 0.05) is 24.3 Å². The van der Waals surface area contributed by atoms with E-state index in [4.69, 9.17) is 0 Å². The lowest BCUT2D eigenvalue weighted by molar-refractivity contribution is 0.206. The fourth-order valence-electron chi connectivity index (χ4n) is 2.92. The summed E-state index contributed by atoms with van der Waals surface area (Å²) < 4.78 is 0. The standard InChI is InChI=1S/C16H23N3/c1-2-19-9-6-15(7-10-19)18-12-13-3-4-14-5-8-17-16(14)11-13/h3-5,8,11,15,17-18H,2,6-7,9-10,12H2,1H3. The minimum absolute atomic E-state index is 0.683. The van der Waals surface area contributed by atoms with E-state index in [0.717, 1.165) is 6.54 Å². The first-order valence-corrected chi connectivity index (χ1v) is 7.37. The molecule has 102 valence electrons. The number of aromatic nitrogens is 1. The molecule has 0 amide bonds. The molecular formula is C16H23N3. The number of hydrogen-bond acceptors (Lipinski definition) is 2. The smallest absolute Gasteiger partial charge is 0.0457 e. The van der Waals surface area contributed by atoms with Gasteiger partial charge in [-0.15, -0.1) is 0 Å². The quantitative estimate of drug-likeness (QED) is 0.882. The van der Waals surface area contributed by atoms with Crippen molar-refractivity contribution in [1.82, 2.24) is 15.2 Å². The predicted molar refractivity (Wildman–Crippen MR) is 80.3 cm³/mol. The molecule has 1 aromatic carbocycles. The molecule has 0 spiro atoms. The molecule has 0 aliphatic carbocycles. The number of nitrogens with zero attached hydrogens (tertiary/aromatic N) is 1. The molecule has 3 nitrogen and oxygen atoms in total. The van der Waals surface area contributed by atoms with Gasteiger partial charge in [-0.2, -0.15) is 0 Å². The van der Waals surface area contributed by atoms with Crippen molar-refractivity contribution in [3.8, 4) is 0 Å². The van der Waals surface area contributed by atoms with E-state index in [2.05, 4.69) is 46.4 Å². The molecule has 0 atom stereocenters. The number of aromatic amines is 1. The van der Waals surface area contributed by atoms with Crippen LogP contribution in [-0.4, -0.2) is 35.6 Å². The van der Waals surface area contributed by atoms with Gasteiger partial charge in [0.15, 0.2) is 0 Å². The van der Waals surface area contributed by atoms with Crippen molar-refractivity contribution >= 4 is 10.9 Å². The van der Waals surface area contributed by atoms with Crippen molar-refractivity contribution in [3.63, 3.8) is 0 Å². The lowest BCUT2D eigenvalue weighted by atomic mass is 10.0. The van der Waals surface area contributed by atoms with E-state index in [0.29, 0.717) is 6.04 Å². The molecule has 1 fully saturated rings. The molecule has 0 bridgehead atoms. The van der Waals surface area contributed by atoms with Gasteiger partial charge in [-0.25, -0.2) is 0 Å². The van der Waals surface area contributed by atoms with Gasteiger partial charge in [-0.05, 0) is 55.6 Å². The minimum Gasteiger partial charge on any atom is -0.361 e. The second kappa shape index (κ2) is 5.76. The number of piperidine rings is 1. The number of likely N-dealkylation sites (tertiary alicyclic amines) is 1. The van der Waals surface area contributed by atoms with Crippen LogP contribution >= 0.6 is 0 Å². The summed E-state index contributed by atoms with van der Waals surface area (Å²) in [6.45, 7) is 6.90. The Labute approximate surface area is 115 Å². The number of H-pyrrole nitrogens is 1. The van der Waals surface area contributed by atoms with Crippen LogP contribution in [0.5, 0.6) is 0 Å². The molecule has 0 radical (unpaired) electrons. The molecule has 3 heteroatoms. The minimum atomic E-state index is 0.683. The Morgan fingerprint density at radius 1 is 1.26 bits per heavy atom. The maximum absolute atomic E-state index is 3.70. The predicted octanol–water partition coefficient (Wildman–Crippen LogP) is 2.74. The molecule has 1 saturated heterocycles. The molecule has 1 aliphatic rings. The molecule has 0 saturated carbocycles. The third kappa shape index (κ3) is 2.99. The Kier molecular flexibility index (Phi) is 3.85. The molecule has 19 heavy (non-hydrogen) atoms. The largest absolute Gasteiger partial charge is 0.361 e. The van der Waals surface area contributed by atoms with E-state index in [1.165, 1.54) is 48.9 Å². The van der Waals surface area contributed by atoms with Crippen molar-refractivity contribution in [2.45, 2.75) is 32.4 Å². The lowest BCUT2D eigenvalue weighted by Crippen LogP contribution is -2.42. The van der Waals surface area contributed by atoms with Gasteiger partial charge in [0.25, 0.3) is 0 Å². The monoisotopic (exact) mass is 257 g/mol. The van der Waals surface area contributed by atoms with Gasteiger partial charge < -0.3 is 15.2 Å². The summed E-state index contributed by atoms with van der Waals surface area (Å²) in [7, 11) is 0. The zero-order valence-corrected chi connectivity index (χ0v) is 11.7. The zero-order chi connectivity index (χ0) is 13.1. The fourth-order valence-corrected chi connectivity index (χ4v) is 2.92. The van der Waals surface area contributed by atoms with Crippen LogP contribution < -0.4 is 5.32 Å². The summed E-state index contributed by atoms with van der Waals surface area (Å²) in [5.41, 5.74) is 2.60. The number of fused-ring (bicyclic) bond motifs is 1. The normalized spacial score (nSPS) is 18.2. The highest BCUT2D eigenvalue weighted by Crippen LogP contribution is 2.15. The van der Waals surface area contributed by atoms with Gasteiger partial charge in [0.1, 0.15) is 0 Å². The topological polar surface area (TPSA) is 31.1 Å². The number of hydrogen-bond donors (Lipinski definition) is 2. The number of nitrogens with one attached hydrogen (secondary N) is 2. The van der Waals surface area contributed by atoms with Gasteiger partial charge in [-0.3, -0.25) is 0 Å². The fraction of sp³-hybridized carbons (Fsp3) is 0.500. The molecule has 0 unspecified atom stereocenters. The van der Waals surface area contributed by atoms with Crippen LogP contribution in [0, 0.1) is 0 Å². The maximum Gasteiger partial charge on any atom is 0.0457 e. The van der Waals surface area contributed by atoms with Gasteiger partial charge >= 0.3 is 0 Å². The van der Waals surface area contributed by atoms with E-state index < -0.39 is 0 Å². The first-order valence-electron chi connectivity index (χ1n) is 7.37. The molecule has 3 rings (SSSR count). The van der Waals surface area contributed by atoms with Crippen LogP contribution in [-0.2, 0) is 6.54 Å². The van der Waals surface area contributed by atoms with Crippen molar-refractivity contribution in [1.29, 1.82) is 0 Å². The van der Waals surface area contributed by atoms with Crippen molar-refractivity contribution in [3.05, 3.63) is 36.0 Å².